The average Bonchev–Trinajstić information content (AvgIpc) is 2.46. The molecule has 0 aliphatic carbocycles. The van der Waals surface area contributed by atoms with Crippen LogP contribution in [0.25, 0.3) is 0 Å². The van der Waals surface area contributed by atoms with Gasteiger partial charge in [-0.25, -0.2) is 4.79 Å². The molecule has 0 heterocycles. The first-order valence-electron chi connectivity index (χ1n) is 6.29. The summed E-state index contributed by atoms with van der Waals surface area (Å²) in [6.45, 7) is 1.89. The van der Waals surface area contributed by atoms with Crippen LogP contribution in [0.3, 0.4) is 0 Å². The molecule has 0 saturated carbocycles. The van der Waals surface area contributed by atoms with Crippen LogP contribution in [0.15, 0.2) is 36.4 Å². The molecule has 0 unspecified atom stereocenters. The molecule has 2 amide bonds. The molecule has 0 saturated heterocycles. The summed E-state index contributed by atoms with van der Waals surface area (Å²) >= 11 is 4.94. The van der Waals surface area contributed by atoms with E-state index >= 15 is 0 Å². The molecule has 0 radical (unpaired) electrons. The second-order valence-corrected chi connectivity index (χ2v) is 4.38. The van der Waals surface area contributed by atoms with Gasteiger partial charge in [-0.05, 0) is 43.4 Å². The smallest absolute Gasteiger partial charge is 0.330 e. The minimum absolute atomic E-state index is 0.0466. The Kier molecular flexibility index (Phi) is 6.71. The van der Waals surface area contributed by atoms with E-state index in [-0.39, 0.29) is 11.7 Å². The fourth-order valence-electron chi connectivity index (χ4n) is 1.37. The largest absolute Gasteiger partial charge is 0.463 e. The van der Waals surface area contributed by atoms with Crippen LogP contribution < -0.4 is 16.4 Å². The Balaban J connectivity index is 2.50. The summed E-state index contributed by atoms with van der Waals surface area (Å²) in [6.07, 6.45) is 2.02. The average molecular weight is 321 g/mol. The van der Waals surface area contributed by atoms with E-state index in [1.54, 1.807) is 19.1 Å². The lowest BCUT2D eigenvalue weighted by molar-refractivity contribution is -0.137. The van der Waals surface area contributed by atoms with Crippen molar-refractivity contribution in [3.05, 3.63) is 42.0 Å². The first kappa shape index (κ1) is 17.3. The van der Waals surface area contributed by atoms with Crippen molar-refractivity contribution in [1.82, 2.24) is 5.32 Å². The Morgan fingerprint density at radius 3 is 2.41 bits per heavy atom. The van der Waals surface area contributed by atoms with Gasteiger partial charge in [-0.1, -0.05) is 0 Å². The second kappa shape index (κ2) is 8.53. The van der Waals surface area contributed by atoms with Crippen LogP contribution in [-0.4, -0.2) is 29.5 Å². The van der Waals surface area contributed by atoms with Crippen LogP contribution in [0.2, 0.25) is 0 Å². The van der Waals surface area contributed by atoms with E-state index in [0.29, 0.717) is 11.3 Å². The van der Waals surface area contributed by atoms with Gasteiger partial charge in [0.15, 0.2) is 5.11 Å². The maximum absolute atomic E-state index is 11.5. The third-order valence-corrected chi connectivity index (χ3v) is 2.53. The molecule has 4 N–H and O–H groups in total. The lowest BCUT2D eigenvalue weighted by Crippen LogP contribution is -2.33. The normalized spacial score (nSPS) is 10.0. The summed E-state index contributed by atoms with van der Waals surface area (Å²) < 4.78 is 4.63. The van der Waals surface area contributed by atoms with Crippen LogP contribution >= 0.6 is 12.2 Å². The number of rotatable bonds is 5. The number of hydrogen-bond donors (Lipinski definition) is 3. The molecule has 0 aromatic heterocycles. The minimum Gasteiger partial charge on any atom is -0.463 e. The van der Waals surface area contributed by atoms with Crippen molar-refractivity contribution >= 4 is 40.8 Å². The SMILES string of the molecule is CCOC(=O)/C=C/C(=O)NC(=S)Nc1ccc(C(N)=O)cc1. The quantitative estimate of drug-likeness (QED) is 0.419. The maximum Gasteiger partial charge on any atom is 0.330 e. The Hall–Kier alpha value is -2.74. The molecule has 1 aromatic rings. The molecule has 0 atom stereocenters. The van der Waals surface area contributed by atoms with E-state index in [9.17, 15) is 14.4 Å². The molecule has 1 aromatic carbocycles. The highest BCUT2D eigenvalue weighted by Crippen LogP contribution is 2.08. The predicted molar refractivity (Wildman–Crippen MR) is 85.1 cm³/mol. The van der Waals surface area contributed by atoms with Gasteiger partial charge in [-0.15, -0.1) is 0 Å². The van der Waals surface area contributed by atoms with E-state index in [1.807, 2.05) is 0 Å². The second-order valence-electron chi connectivity index (χ2n) is 3.97. The highest BCUT2D eigenvalue weighted by atomic mass is 32.1. The number of carbonyl (C=O) groups is 3. The predicted octanol–water partition coefficient (Wildman–Crippen LogP) is 0.718. The van der Waals surface area contributed by atoms with Gasteiger partial charge in [0.1, 0.15) is 0 Å². The monoisotopic (exact) mass is 321 g/mol. The Labute approximate surface area is 132 Å². The molecule has 22 heavy (non-hydrogen) atoms. The number of benzene rings is 1. The van der Waals surface area contributed by atoms with Gasteiger partial charge in [0.2, 0.25) is 11.8 Å². The van der Waals surface area contributed by atoms with Crippen molar-refractivity contribution in [3.8, 4) is 0 Å². The minimum atomic E-state index is -0.612. The van der Waals surface area contributed by atoms with Gasteiger partial charge in [0, 0.05) is 23.4 Å². The third-order valence-electron chi connectivity index (χ3n) is 2.32. The summed E-state index contributed by atoms with van der Waals surface area (Å²) in [4.78, 5) is 33.5. The summed E-state index contributed by atoms with van der Waals surface area (Å²) in [5, 5.41) is 5.15. The zero-order valence-corrected chi connectivity index (χ0v) is 12.6. The van der Waals surface area contributed by atoms with Crippen LogP contribution in [0.4, 0.5) is 5.69 Å². The first-order valence-corrected chi connectivity index (χ1v) is 6.70. The number of nitrogens with one attached hydrogen (secondary N) is 2. The van der Waals surface area contributed by atoms with Gasteiger partial charge < -0.3 is 15.8 Å². The van der Waals surface area contributed by atoms with Crippen LogP contribution in [-0.2, 0) is 14.3 Å². The van der Waals surface area contributed by atoms with E-state index in [2.05, 4.69) is 15.4 Å². The highest BCUT2D eigenvalue weighted by Gasteiger charge is 2.04. The molecule has 0 fully saturated rings. The molecule has 1 rings (SSSR count). The van der Waals surface area contributed by atoms with Gasteiger partial charge in [0.25, 0.3) is 0 Å². The molecular weight excluding hydrogens is 306 g/mol. The molecule has 0 spiro atoms. The number of ether oxygens (including phenoxy) is 1. The summed E-state index contributed by atoms with van der Waals surface area (Å²) in [6, 6.07) is 6.23. The lowest BCUT2D eigenvalue weighted by Gasteiger charge is -2.08. The molecule has 0 aliphatic heterocycles. The fraction of sp³-hybridized carbons (Fsp3) is 0.143. The van der Waals surface area contributed by atoms with E-state index in [4.69, 9.17) is 18.0 Å². The molecule has 7 nitrogen and oxygen atoms in total. The van der Waals surface area contributed by atoms with Gasteiger partial charge in [-0.3, -0.25) is 14.9 Å². The zero-order valence-electron chi connectivity index (χ0n) is 11.8. The molecule has 0 bridgehead atoms. The lowest BCUT2D eigenvalue weighted by atomic mass is 10.2. The third kappa shape index (κ3) is 6.14. The number of nitrogens with two attached hydrogens (primary N) is 1. The number of hydrogen-bond acceptors (Lipinski definition) is 5. The first-order chi connectivity index (χ1) is 10.4. The fourth-order valence-corrected chi connectivity index (χ4v) is 1.59. The van der Waals surface area contributed by atoms with Crippen LogP contribution in [0.5, 0.6) is 0 Å². The van der Waals surface area contributed by atoms with Crippen LogP contribution in [0, 0.1) is 0 Å². The molecule has 116 valence electrons. The number of thiocarbonyl (C=S) groups is 1. The number of carbonyl (C=O) groups excluding carboxylic acids is 3. The van der Waals surface area contributed by atoms with E-state index in [1.165, 1.54) is 12.1 Å². The van der Waals surface area contributed by atoms with Crippen molar-refractivity contribution in [2.45, 2.75) is 6.92 Å². The summed E-state index contributed by atoms with van der Waals surface area (Å²) in [7, 11) is 0. The van der Waals surface area contributed by atoms with Crippen molar-refractivity contribution in [2.24, 2.45) is 5.73 Å². The summed E-state index contributed by atoms with van der Waals surface area (Å²) in [5.74, 6) is -1.72. The maximum atomic E-state index is 11.5. The molecular formula is C14H15N3O4S. The Bertz CT molecular complexity index is 611. The van der Waals surface area contributed by atoms with E-state index in [0.717, 1.165) is 12.2 Å². The highest BCUT2D eigenvalue weighted by molar-refractivity contribution is 7.80. The number of primary amides is 1. The van der Waals surface area contributed by atoms with Crippen molar-refractivity contribution in [2.75, 3.05) is 11.9 Å². The zero-order chi connectivity index (χ0) is 16.5. The molecule has 0 aliphatic rings. The van der Waals surface area contributed by atoms with Crippen molar-refractivity contribution < 1.29 is 19.1 Å². The summed E-state index contributed by atoms with van der Waals surface area (Å²) in [5.41, 5.74) is 6.06. The van der Waals surface area contributed by atoms with Gasteiger partial charge in [0.05, 0.1) is 6.61 Å². The number of anilines is 1. The standard InChI is InChI=1S/C14H15N3O4S/c1-2-21-12(19)8-7-11(18)17-14(22)16-10-5-3-9(4-6-10)13(15)20/h3-8H,2H2,1H3,(H2,15,20)(H2,16,17,18,22)/b8-7+. The molecule has 8 heteroatoms. The Morgan fingerprint density at radius 2 is 1.86 bits per heavy atom. The Morgan fingerprint density at radius 1 is 1.23 bits per heavy atom. The van der Waals surface area contributed by atoms with Crippen molar-refractivity contribution in [3.63, 3.8) is 0 Å². The van der Waals surface area contributed by atoms with Gasteiger partial charge in [-0.2, -0.15) is 0 Å². The number of amides is 2. The topological polar surface area (TPSA) is 111 Å². The van der Waals surface area contributed by atoms with Crippen LogP contribution in [0.1, 0.15) is 17.3 Å². The van der Waals surface area contributed by atoms with Gasteiger partial charge >= 0.3 is 5.97 Å². The van der Waals surface area contributed by atoms with E-state index < -0.39 is 17.8 Å². The number of esters is 1. The van der Waals surface area contributed by atoms with Crippen molar-refractivity contribution in [1.29, 1.82) is 0 Å².